The zero-order valence-electron chi connectivity index (χ0n) is 15.7. The van der Waals surface area contributed by atoms with Crippen molar-refractivity contribution >= 4 is 17.4 Å². The number of amidine groups is 1. The van der Waals surface area contributed by atoms with Gasteiger partial charge in [0.1, 0.15) is 35.4 Å². The number of aliphatic imine (C=N–C) groups is 1. The Morgan fingerprint density at radius 1 is 1.30 bits per heavy atom. The lowest BCUT2D eigenvalue weighted by Gasteiger charge is -2.40. The average molecular weight is 422 g/mol. The summed E-state index contributed by atoms with van der Waals surface area (Å²) in [4.78, 5) is 20.2. The Bertz CT molecular complexity index is 1020. The molecule has 1 aromatic heterocycles. The molecule has 10 heteroatoms. The van der Waals surface area contributed by atoms with Gasteiger partial charge in [-0.1, -0.05) is 0 Å². The first-order valence-corrected chi connectivity index (χ1v) is 9.19. The van der Waals surface area contributed by atoms with E-state index in [1.54, 1.807) is 0 Å². The third kappa shape index (κ3) is 3.30. The highest BCUT2D eigenvalue weighted by atomic mass is 19.2. The van der Waals surface area contributed by atoms with Crippen LogP contribution in [0.5, 0.6) is 0 Å². The number of rotatable bonds is 4. The summed E-state index contributed by atoms with van der Waals surface area (Å²) >= 11 is 0. The number of nitrogens with one attached hydrogen (secondary N) is 1. The van der Waals surface area contributed by atoms with E-state index in [1.807, 2.05) is 0 Å². The molecule has 3 heterocycles. The summed E-state index contributed by atoms with van der Waals surface area (Å²) < 4.78 is 61.2. The van der Waals surface area contributed by atoms with Gasteiger partial charge < -0.3 is 15.8 Å². The van der Waals surface area contributed by atoms with E-state index in [2.05, 4.69) is 15.3 Å². The first-order valence-electron chi connectivity index (χ1n) is 9.19. The number of aromatic nitrogens is 1. The second kappa shape index (κ2) is 7.35. The molecule has 2 aliphatic rings. The van der Waals surface area contributed by atoms with Gasteiger partial charge in [-0.2, -0.15) is 0 Å². The highest BCUT2D eigenvalue weighted by molar-refractivity contribution is 6.02. The molecule has 0 unspecified atom stereocenters. The SMILES string of the molecule is NC1=N[C@@]2(c3cc(NC(=O)c4ccc(F)cn4)ccc3F)COC[C@H]2C[C@@]1(F)CF. The van der Waals surface area contributed by atoms with Crippen molar-refractivity contribution in [1.29, 1.82) is 0 Å². The first kappa shape index (κ1) is 20.3. The summed E-state index contributed by atoms with van der Waals surface area (Å²) in [6.45, 7) is -1.33. The number of amides is 1. The zero-order valence-corrected chi connectivity index (χ0v) is 15.7. The summed E-state index contributed by atoms with van der Waals surface area (Å²) in [5.41, 5.74) is 2.20. The maximum absolute atomic E-state index is 14.8. The van der Waals surface area contributed by atoms with Gasteiger partial charge in [-0.25, -0.2) is 22.5 Å². The third-order valence-corrected chi connectivity index (χ3v) is 5.53. The van der Waals surface area contributed by atoms with Gasteiger partial charge >= 0.3 is 0 Å². The smallest absolute Gasteiger partial charge is 0.274 e. The van der Waals surface area contributed by atoms with Crippen LogP contribution in [-0.2, 0) is 10.3 Å². The molecule has 2 aliphatic heterocycles. The van der Waals surface area contributed by atoms with Gasteiger partial charge in [-0.15, -0.1) is 0 Å². The van der Waals surface area contributed by atoms with E-state index in [1.165, 1.54) is 18.2 Å². The van der Waals surface area contributed by atoms with Crippen LogP contribution in [-0.4, -0.2) is 42.3 Å². The van der Waals surface area contributed by atoms with E-state index in [-0.39, 0.29) is 36.6 Å². The number of carbonyl (C=O) groups is 1. The Balaban J connectivity index is 1.69. The molecule has 0 spiro atoms. The van der Waals surface area contributed by atoms with Gasteiger partial charge in [-0.05, 0) is 36.8 Å². The van der Waals surface area contributed by atoms with E-state index in [0.717, 1.165) is 18.3 Å². The largest absolute Gasteiger partial charge is 0.385 e. The number of hydrogen-bond acceptors (Lipinski definition) is 5. The molecule has 1 aromatic carbocycles. The lowest BCUT2D eigenvalue weighted by Crippen LogP contribution is -2.53. The Morgan fingerprint density at radius 2 is 2.10 bits per heavy atom. The summed E-state index contributed by atoms with van der Waals surface area (Å²) in [7, 11) is 0. The van der Waals surface area contributed by atoms with Crippen LogP contribution in [0.4, 0.5) is 23.2 Å². The molecule has 30 heavy (non-hydrogen) atoms. The van der Waals surface area contributed by atoms with E-state index in [4.69, 9.17) is 10.5 Å². The van der Waals surface area contributed by atoms with Gasteiger partial charge in [0.15, 0.2) is 5.67 Å². The Hall–Kier alpha value is -3.01. The fourth-order valence-electron chi connectivity index (χ4n) is 3.90. The standard InChI is InChI=1S/C20H18F4N4O2/c21-9-19(24)6-11-8-30-10-20(11,28-18(19)25)14-5-13(2-3-15(14)23)27-17(29)16-4-1-12(22)7-26-16/h1-5,7,11H,6,8-10H2,(H2,25,28)(H,27,29)/t11-,19-,20+/m1/s1. The highest BCUT2D eigenvalue weighted by Gasteiger charge is 2.56. The van der Waals surface area contributed by atoms with E-state index in [0.29, 0.717) is 0 Å². The van der Waals surface area contributed by atoms with Crippen molar-refractivity contribution in [3.63, 3.8) is 0 Å². The molecular weight excluding hydrogens is 404 g/mol. The normalized spacial score (nSPS) is 28.0. The molecule has 0 bridgehead atoms. The number of nitrogens with zero attached hydrogens (tertiary/aromatic N) is 2. The minimum absolute atomic E-state index is 0.0346. The molecule has 0 radical (unpaired) electrons. The average Bonchev–Trinajstić information content (AvgIpc) is 3.13. The number of fused-ring (bicyclic) bond motifs is 1. The van der Waals surface area contributed by atoms with Crippen molar-refractivity contribution in [2.75, 3.05) is 25.2 Å². The number of alkyl halides is 2. The van der Waals surface area contributed by atoms with Gasteiger partial charge in [0, 0.05) is 17.2 Å². The maximum Gasteiger partial charge on any atom is 0.274 e. The lowest BCUT2D eigenvalue weighted by molar-refractivity contribution is 0.102. The van der Waals surface area contributed by atoms with Crippen molar-refractivity contribution in [1.82, 2.24) is 4.98 Å². The number of halogens is 4. The number of nitrogens with two attached hydrogens (primary N) is 1. The van der Waals surface area contributed by atoms with Gasteiger partial charge in [0.25, 0.3) is 5.91 Å². The number of benzene rings is 1. The summed E-state index contributed by atoms with van der Waals surface area (Å²) in [5, 5.41) is 2.55. The van der Waals surface area contributed by atoms with E-state index >= 15 is 0 Å². The molecule has 6 nitrogen and oxygen atoms in total. The molecule has 1 saturated heterocycles. The quantitative estimate of drug-likeness (QED) is 0.742. The fraction of sp³-hybridized carbons (Fsp3) is 0.350. The summed E-state index contributed by atoms with van der Waals surface area (Å²) in [6.07, 6.45) is 0.604. The van der Waals surface area contributed by atoms with Crippen LogP contribution in [0.25, 0.3) is 0 Å². The van der Waals surface area contributed by atoms with E-state index < -0.39 is 47.2 Å². The second-order valence-corrected chi connectivity index (χ2v) is 7.45. The molecule has 1 amide bonds. The minimum atomic E-state index is -2.42. The van der Waals surface area contributed by atoms with Crippen LogP contribution < -0.4 is 11.1 Å². The van der Waals surface area contributed by atoms with Crippen LogP contribution in [0.2, 0.25) is 0 Å². The van der Waals surface area contributed by atoms with Gasteiger partial charge in [0.2, 0.25) is 0 Å². The highest BCUT2D eigenvalue weighted by Crippen LogP contribution is 2.48. The van der Waals surface area contributed by atoms with Gasteiger partial charge in [0.05, 0.1) is 19.4 Å². The molecule has 158 valence electrons. The number of hydrogen-bond donors (Lipinski definition) is 2. The predicted octanol–water partition coefficient (Wildman–Crippen LogP) is 2.89. The first-order chi connectivity index (χ1) is 14.3. The Morgan fingerprint density at radius 3 is 2.80 bits per heavy atom. The van der Waals surface area contributed by atoms with Crippen molar-refractivity contribution in [2.24, 2.45) is 16.6 Å². The predicted molar refractivity (Wildman–Crippen MR) is 101 cm³/mol. The van der Waals surface area contributed by atoms with Crippen molar-refractivity contribution in [2.45, 2.75) is 17.6 Å². The van der Waals surface area contributed by atoms with E-state index in [9.17, 15) is 22.4 Å². The monoisotopic (exact) mass is 422 g/mol. The van der Waals surface area contributed by atoms with Crippen LogP contribution in [0.1, 0.15) is 22.5 Å². The van der Waals surface area contributed by atoms with Crippen molar-refractivity contribution < 1.29 is 27.1 Å². The van der Waals surface area contributed by atoms with Crippen LogP contribution in [0, 0.1) is 17.6 Å². The molecule has 0 saturated carbocycles. The summed E-state index contributed by atoms with van der Waals surface area (Å²) in [5.74, 6) is -3.05. The van der Waals surface area contributed by atoms with Crippen LogP contribution in [0.15, 0.2) is 41.5 Å². The summed E-state index contributed by atoms with van der Waals surface area (Å²) in [6, 6.07) is 6.11. The zero-order chi connectivity index (χ0) is 21.5. The van der Waals surface area contributed by atoms with Crippen LogP contribution >= 0.6 is 0 Å². The molecule has 0 aliphatic carbocycles. The minimum Gasteiger partial charge on any atom is -0.385 e. The number of pyridine rings is 1. The molecule has 1 fully saturated rings. The van der Waals surface area contributed by atoms with Crippen molar-refractivity contribution in [3.05, 3.63) is 59.4 Å². The van der Waals surface area contributed by atoms with Crippen LogP contribution in [0.3, 0.4) is 0 Å². The van der Waals surface area contributed by atoms with Crippen molar-refractivity contribution in [3.8, 4) is 0 Å². The molecule has 4 rings (SSSR count). The molecule has 2 aromatic rings. The molecule has 3 atom stereocenters. The molecule has 3 N–H and O–H groups in total. The molecular formula is C20H18F4N4O2. The Labute approximate surface area is 169 Å². The Kier molecular flexibility index (Phi) is 4.97. The fourth-order valence-corrected chi connectivity index (χ4v) is 3.90. The topological polar surface area (TPSA) is 89.6 Å². The number of anilines is 1. The van der Waals surface area contributed by atoms with Gasteiger partial charge in [-0.3, -0.25) is 9.79 Å². The lowest BCUT2D eigenvalue weighted by atomic mass is 9.73. The second-order valence-electron chi connectivity index (χ2n) is 7.45. The maximum atomic E-state index is 14.8. The number of ether oxygens (including phenoxy) is 1. The number of carbonyl (C=O) groups excluding carboxylic acids is 1. The third-order valence-electron chi connectivity index (χ3n) is 5.53.